The highest BCUT2D eigenvalue weighted by Gasteiger charge is 2.27. The number of hydrogen-bond acceptors (Lipinski definition) is 6. The van der Waals surface area contributed by atoms with E-state index in [0.717, 1.165) is 31.4 Å². The van der Waals surface area contributed by atoms with Gasteiger partial charge in [0.1, 0.15) is 17.3 Å². The van der Waals surface area contributed by atoms with Crippen LogP contribution in [0.1, 0.15) is 62.5 Å². The first-order valence-corrected chi connectivity index (χ1v) is 13.7. The Bertz CT molecular complexity index is 1420. The van der Waals surface area contributed by atoms with Crippen LogP contribution in [0.15, 0.2) is 66.9 Å². The number of benzene rings is 2. The Morgan fingerprint density at radius 1 is 0.829 bits per heavy atom. The van der Waals surface area contributed by atoms with Gasteiger partial charge in [-0.3, -0.25) is 19.4 Å². The van der Waals surface area contributed by atoms with E-state index in [1.165, 1.54) is 30.5 Å². The molecule has 3 amide bonds. The standard InChI is InChI=1S/C31H30FN5O4/c32-24-6-3-22(4-7-24)30(39)36-15-17-37(18-16-36)31(40)23-5-14-28(34-20-23)29(38)35-25-8-12-27(13-9-25)41-26-10-1-21(19-33)2-11-26/h1-7,10-11,14,20,25,27H,8-9,12-13,15-18H2,(H,35,38). The molecule has 210 valence electrons. The maximum atomic E-state index is 13.2. The van der Waals surface area contributed by atoms with Crippen LogP contribution in [0.4, 0.5) is 4.39 Å². The Kier molecular flexibility index (Phi) is 8.53. The van der Waals surface area contributed by atoms with Crippen molar-refractivity contribution < 1.29 is 23.5 Å². The van der Waals surface area contributed by atoms with Gasteiger partial charge >= 0.3 is 0 Å². The van der Waals surface area contributed by atoms with Crippen LogP contribution < -0.4 is 10.1 Å². The number of hydrogen-bond donors (Lipinski definition) is 1. The molecule has 0 atom stereocenters. The highest BCUT2D eigenvalue weighted by molar-refractivity contribution is 5.97. The topological polar surface area (TPSA) is 116 Å². The predicted molar refractivity (Wildman–Crippen MR) is 148 cm³/mol. The highest BCUT2D eigenvalue weighted by atomic mass is 19.1. The Morgan fingerprint density at radius 2 is 1.41 bits per heavy atom. The zero-order valence-electron chi connectivity index (χ0n) is 22.5. The first kappa shape index (κ1) is 27.8. The SMILES string of the molecule is N#Cc1ccc(OC2CCC(NC(=O)c3ccc(C(=O)N4CCN(C(=O)c5ccc(F)cc5)CC4)cn3)CC2)cc1. The zero-order valence-corrected chi connectivity index (χ0v) is 22.5. The van der Waals surface area contributed by atoms with Gasteiger partial charge in [0.15, 0.2) is 0 Å². The number of aromatic nitrogens is 1. The van der Waals surface area contributed by atoms with Crippen LogP contribution in [0.25, 0.3) is 0 Å². The molecule has 1 saturated heterocycles. The summed E-state index contributed by atoms with van der Waals surface area (Å²) < 4.78 is 19.2. The molecule has 9 nitrogen and oxygen atoms in total. The molecule has 1 N–H and O–H groups in total. The van der Waals surface area contributed by atoms with E-state index in [-0.39, 0.29) is 35.6 Å². The van der Waals surface area contributed by atoms with Gasteiger partial charge in [0, 0.05) is 44.0 Å². The van der Waals surface area contributed by atoms with Gasteiger partial charge in [-0.1, -0.05) is 0 Å². The number of rotatable bonds is 6. The lowest BCUT2D eigenvalue weighted by Crippen LogP contribution is -2.50. The summed E-state index contributed by atoms with van der Waals surface area (Å²) >= 11 is 0. The molecule has 1 aliphatic carbocycles. The van der Waals surface area contributed by atoms with E-state index in [2.05, 4.69) is 16.4 Å². The molecule has 2 aliphatic rings. The normalized spacial score (nSPS) is 18.7. The molecule has 5 rings (SSSR count). The van der Waals surface area contributed by atoms with Gasteiger partial charge in [0.25, 0.3) is 17.7 Å². The van der Waals surface area contributed by atoms with E-state index in [1.54, 1.807) is 46.2 Å². The summed E-state index contributed by atoms with van der Waals surface area (Å²) in [4.78, 5) is 46.0. The molecule has 0 unspecified atom stereocenters. The summed E-state index contributed by atoms with van der Waals surface area (Å²) in [6.07, 6.45) is 4.62. The fourth-order valence-corrected chi connectivity index (χ4v) is 5.11. The Morgan fingerprint density at radius 3 is 1.98 bits per heavy atom. The number of nitrogens with zero attached hydrogens (tertiary/aromatic N) is 4. The lowest BCUT2D eigenvalue weighted by Gasteiger charge is -2.34. The van der Waals surface area contributed by atoms with Crippen molar-refractivity contribution in [3.05, 3.63) is 95.1 Å². The van der Waals surface area contributed by atoms with Gasteiger partial charge in [0.05, 0.1) is 23.3 Å². The summed E-state index contributed by atoms with van der Waals surface area (Å²) in [6.45, 7) is 1.48. The van der Waals surface area contributed by atoms with Gasteiger partial charge in [0.2, 0.25) is 0 Å². The van der Waals surface area contributed by atoms with E-state index in [9.17, 15) is 18.8 Å². The molecule has 1 aliphatic heterocycles. The number of nitriles is 1. The minimum atomic E-state index is -0.399. The molecule has 3 aromatic rings. The summed E-state index contributed by atoms with van der Waals surface area (Å²) in [5.41, 5.74) is 1.62. The van der Waals surface area contributed by atoms with E-state index >= 15 is 0 Å². The van der Waals surface area contributed by atoms with Gasteiger partial charge in [-0.25, -0.2) is 4.39 Å². The molecule has 41 heavy (non-hydrogen) atoms. The quantitative estimate of drug-likeness (QED) is 0.495. The predicted octanol–water partition coefficient (Wildman–Crippen LogP) is 3.81. The maximum Gasteiger partial charge on any atom is 0.270 e. The van der Waals surface area contributed by atoms with E-state index in [1.807, 2.05) is 0 Å². The molecular formula is C31H30FN5O4. The van der Waals surface area contributed by atoms with Crippen molar-refractivity contribution in [2.75, 3.05) is 26.2 Å². The smallest absolute Gasteiger partial charge is 0.270 e. The minimum absolute atomic E-state index is 0.0142. The number of ether oxygens (including phenoxy) is 1. The number of nitrogens with one attached hydrogen (secondary N) is 1. The van der Waals surface area contributed by atoms with Gasteiger partial charge < -0.3 is 19.9 Å². The first-order valence-electron chi connectivity index (χ1n) is 13.7. The minimum Gasteiger partial charge on any atom is -0.490 e. The summed E-state index contributed by atoms with van der Waals surface area (Å²) in [5, 5.41) is 12.0. The first-order chi connectivity index (χ1) is 19.9. The van der Waals surface area contributed by atoms with Crippen molar-refractivity contribution in [3.8, 4) is 11.8 Å². The van der Waals surface area contributed by atoms with Crippen molar-refractivity contribution in [2.45, 2.75) is 37.8 Å². The fraction of sp³-hybridized carbons (Fsp3) is 0.323. The Balaban J connectivity index is 1.07. The lowest BCUT2D eigenvalue weighted by molar-refractivity contribution is 0.0535. The van der Waals surface area contributed by atoms with Crippen LogP contribution in [0.5, 0.6) is 5.75 Å². The summed E-state index contributed by atoms with van der Waals surface area (Å²) in [6, 6.07) is 17.7. The molecule has 2 heterocycles. The van der Waals surface area contributed by atoms with Crippen LogP contribution in [-0.4, -0.2) is 70.8 Å². The Hall–Kier alpha value is -4.78. The monoisotopic (exact) mass is 555 g/mol. The molecule has 0 spiro atoms. The average molecular weight is 556 g/mol. The fourth-order valence-electron chi connectivity index (χ4n) is 5.11. The van der Waals surface area contributed by atoms with Crippen molar-refractivity contribution in [2.24, 2.45) is 0 Å². The largest absolute Gasteiger partial charge is 0.490 e. The van der Waals surface area contributed by atoms with Crippen molar-refractivity contribution in [3.63, 3.8) is 0 Å². The molecular weight excluding hydrogens is 525 g/mol. The average Bonchev–Trinajstić information content (AvgIpc) is 3.02. The number of piperazine rings is 1. The van der Waals surface area contributed by atoms with Crippen LogP contribution in [0, 0.1) is 17.1 Å². The Labute approximate surface area is 237 Å². The van der Waals surface area contributed by atoms with Crippen LogP contribution in [0.3, 0.4) is 0 Å². The van der Waals surface area contributed by atoms with Crippen molar-refractivity contribution in [1.82, 2.24) is 20.1 Å². The zero-order chi connectivity index (χ0) is 28.8. The van der Waals surface area contributed by atoms with Gasteiger partial charge in [-0.15, -0.1) is 0 Å². The number of amides is 3. The van der Waals surface area contributed by atoms with E-state index in [4.69, 9.17) is 10.00 Å². The van der Waals surface area contributed by atoms with Crippen LogP contribution >= 0.6 is 0 Å². The van der Waals surface area contributed by atoms with Crippen LogP contribution in [-0.2, 0) is 0 Å². The van der Waals surface area contributed by atoms with E-state index in [0.29, 0.717) is 42.9 Å². The third-order valence-electron chi connectivity index (χ3n) is 7.48. The lowest BCUT2D eigenvalue weighted by atomic mass is 9.92. The van der Waals surface area contributed by atoms with Crippen molar-refractivity contribution in [1.29, 1.82) is 5.26 Å². The molecule has 1 aromatic heterocycles. The molecule has 10 heteroatoms. The number of halogens is 1. The molecule has 1 saturated carbocycles. The molecule has 0 bridgehead atoms. The third kappa shape index (κ3) is 6.87. The van der Waals surface area contributed by atoms with Crippen molar-refractivity contribution >= 4 is 17.7 Å². The van der Waals surface area contributed by atoms with Gasteiger partial charge in [-0.2, -0.15) is 5.26 Å². The number of carbonyl (C=O) groups is 3. The second kappa shape index (κ2) is 12.6. The highest BCUT2D eigenvalue weighted by Crippen LogP contribution is 2.24. The molecule has 2 aromatic carbocycles. The number of carbonyl (C=O) groups excluding carboxylic acids is 3. The third-order valence-corrected chi connectivity index (χ3v) is 7.48. The molecule has 2 fully saturated rings. The second-order valence-corrected chi connectivity index (χ2v) is 10.2. The molecule has 0 radical (unpaired) electrons. The summed E-state index contributed by atoms with van der Waals surface area (Å²) in [7, 11) is 0. The van der Waals surface area contributed by atoms with Crippen LogP contribution in [0.2, 0.25) is 0 Å². The van der Waals surface area contributed by atoms with E-state index < -0.39 is 5.82 Å². The number of pyridine rings is 1. The second-order valence-electron chi connectivity index (χ2n) is 10.2. The van der Waals surface area contributed by atoms with Gasteiger partial charge in [-0.05, 0) is 86.3 Å². The summed E-state index contributed by atoms with van der Waals surface area (Å²) in [5.74, 6) is -0.354. The maximum absolute atomic E-state index is 13.2.